The maximum atomic E-state index is 12.7. The van der Waals surface area contributed by atoms with E-state index in [4.69, 9.17) is 9.47 Å². The van der Waals surface area contributed by atoms with Crippen LogP contribution in [0, 0.1) is 0 Å². The predicted octanol–water partition coefficient (Wildman–Crippen LogP) is 3.42. The van der Waals surface area contributed by atoms with E-state index in [1.807, 2.05) is 0 Å². The molecule has 0 aromatic heterocycles. The van der Waals surface area contributed by atoms with E-state index in [1.165, 1.54) is 18.4 Å². The van der Waals surface area contributed by atoms with Crippen LogP contribution in [0.3, 0.4) is 0 Å². The number of benzene rings is 1. The zero-order valence-corrected chi connectivity index (χ0v) is 18.8. The van der Waals surface area contributed by atoms with Crippen molar-refractivity contribution in [2.45, 2.75) is 63.9 Å². The minimum Gasteiger partial charge on any atom is -0.486 e. The number of allylic oxidation sites excluding steroid dienone is 1. The van der Waals surface area contributed by atoms with Gasteiger partial charge in [0.05, 0.1) is 12.0 Å². The summed E-state index contributed by atoms with van der Waals surface area (Å²) >= 11 is 0. The zero-order valence-electron chi connectivity index (χ0n) is 18.8. The van der Waals surface area contributed by atoms with E-state index in [0.717, 1.165) is 19.3 Å². The van der Waals surface area contributed by atoms with E-state index in [2.05, 4.69) is 11.4 Å². The third kappa shape index (κ3) is 5.31. The Kier molecular flexibility index (Phi) is 6.82. The molecule has 172 valence electrons. The molecule has 3 aliphatic rings. The fourth-order valence-electron chi connectivity index (χ4n) is 4.77. The molecule has 2 amide bonds. The third-order valence-electron chi connectivity index (χ3n) is 6.71. The van der Waals surface area contributed by atoms with Gasteiger partial charge in [0.1, 0.15) is 17.1 Å². The van der Waals surface area contributed by atoms with E-state index < -0.39 is 5.60 Å². The molecule has 2 aliphatic heterocycles. The van der Waals surface area contributed by atoms with Gasteiger partial charge in [-0.25, -0.2) is 0 Å². The van der Waals surface area contributed by atoms with Gasteiger partial charge in [0.25, 0.3) is 5.91 Å². The topological polar surface area (TPSA) is 84.9 Å². The van der Waals surface area contributed by atoms with Crippen LogP contribution in [-0.4, -0.2) is 54.3 Å². The van der Waals surface area contributed by atoms with Gasteiger partial charge >= 0.3 is 0 Å². The highest BCUT2D eigenvalue weighted by Gasteiger charge is 2.43. The number of ketones is 1. The molecule has 1 spiro atoms. The van der Waals surface area contributed by atoms with Crippen LogP contribution in [0.25, 0.3) is 0 Å². The Morgan fingerprint density at radius 2 is 2.03 bits per heavy atom. The molecule has 0 unspecified atom stereocenters. The van der Waals surface area contributed by atoms with Gasteiger partial charge in [-0.1, -0.05) is 11.6 Å². The largest absolute Gasteiger partial charge is 0.486 e. The van der Waals surface area contributed by atoms with E-state index in [1.54, 1.807) is 30.0 Å². The molecule has 0 saturated carbocycles. The molecule has 1 N–H and O–H groups in total. The van der Waals surface area contributed by atoms with Crippen molar-refractivity contribution in [3.05, 3.63) is 35.4 Å². The van der Waals surface area contributed by atoms with Crippen molar-refractivity contribution in [2.75, 3.05) is 26.2 Å². The summed E-state index contributed by atoms with van der Waals surface area (Å²) < 4.78 is 12.0. The smallest absolute Gasteiger partial charge is 0.257 e. The van der Waals surface area contributed by atoms with Crippen LogP contribution in [0.4, 0.5) is 0 Å². The Morgan fingerprint density at radius 3 is 2.75 bits per heavy atom. The number of carbonyl (C=O) groups excluding carboxylic acids is 3. The second kappa shape index (κ2) is 9.76. The fourth-order valence-corrected chi connectivity index (χ4v) is 4.77. The summed E-state index contributed by atoms with van der Waals surface area (Å²) in [5, 5.41) is 2.91. The van der Waals surface area contributed by atoms with Gasteiger partial charge in [0, 0.05) is 45.5 Å². The lowest BCUT2D eigenvalue weighted by Crippen LogP contribution is -2.51. The van der Waals surface area contributed by atoms with Gasteiger partial charge in [0.15, 0.2) is 12.4 Å². The van der Waals surface area contributed by atoms with Crippen molar-refractivity contribution in [3.8, 4) is 11.5 Å². The van der Waals surface area contributed by atoms with Gasteiger partial charge in [-0.15, -0.1) is 0 Å². The summed E-state index contributed by atoms with van der Waals surface area (Å²) in [5.74, 6) is 0.930. The highest BCUT2D eigenvalue weighted by atomic mass is 16.5. The highest BCUT2D eigenvalue weighted by molar-refractivity contribution is 6.00. The molecule has 0 atom stereocenters. The van der Waals surface area contributed by atoms with Crippen molar-refractivity contribution < 1.29 is 23.9 Å². The van der Waals surface area contributed by atoms with Crippen LogP contribution in [0.15, 0.2) is 29.8 Å². The number of amides is 2. The molecule has 2 heterocycles. The molecular weight excluding hydrogens is 408 g/mol. The fraction of sp³-hybridized carbons (Fsp3) is 0.560. The number of rotatable bonds is 6. The first-order chi connectivity index (χ1) is 15.4. The Hall–Kier alpha value is -2.83. The first-order valence-electron chi connectivity index (χ1n) is 11.6. The molecule has 1 aliphatic carbocycles. The number of fused-ring (bicyclic) bond motifs is 1. The van der Waals surface area contributed by atoms with Crippen LogP contribution >= 0.6 is 0 Å². The molecular formula is C25H32N2O5. The number of likely N-dealkylation sites (tertiary alicyclic amines) is 1. The van der Waals surface area contributed by atoms with Gasteiger partial charge in [0.2, 0.25) is 5.91 Å². The van der Waals surface area contributed by atoms with Crippen LogP contribution in [0.2, 0.25) is 0 Å². The Bertz CT molecular complexity index is 915. The number of nitrogens with one attached hydrogen (secondary N) is 1. The zero-order chi connectivity index (χ0) is 22.6. The number of nitrogens with zero attached hydrogens (tertiary/aromatic N) is 1. The van der Waals surface area contributed by atoms with Crippen molar-refractivity contribution in [1.29, 1.82) is 0 Å². The van der Waals surface area contributed by atoms with E-state index >= 15 is 0 Å². The second-order valence-electron chi connectivity index (χ2n) is 9.05. The van der Waals surface area contributed by atoms with Crippen LogP contribution < -0.4 is 14.8 Å². The van der Waals surface area contributed by atoms with Crippen LogP contribution in [0.5, 0.6) is 11.5 Å². The van der Waals surface area contributed by atoms with E-state index in [0.29, 0.717) is 56.0 Å². The molecule has 32 heavy (non-hydrogen) atoms. The number of hydrogen-bond acceptors (Lipinski definition) is 5. The molecule has 4 rings (SSSR count). The first kappa shape index (κ1) is 22.4. The normalized spacial score (nSPS) is 19.6. The van der Waals surface area contributed by atoms with E-state index in [-0.39, 0.29) is 24.2 Å². The van der Waals surface area contributed by atoms with Gasteiger partial charge in [-0.05, 0) is 44.2 Å². The van der Waals surface area contributed by atoms with Crippen molar-refractivity contribution in [1.82, 2.24) is 10.2 Å². The molecule has 1 aromatic rings. The average Bonchev–Trinajstić information content (AvgIpc) is 2.78. The van der Waals surface area contributed by atoms with Gasteiger partial charge in [-0.3, -0.25) is 14.4 Å². The lowest BCUT2D eigenvalue weighted by molar-refractivity contribution is -0.132. The van der Waals surface area contributed by atoms with Crippen molar-refractivity contribution >= 4 is 17.6 Å². The summed E-state index contributed by atoms with van der Waals surface area (Å²) in [4.78, 5) is 38.3. The van der Waals surface area contributed by atoms with E-state index in [9.17, 15) is 14.4 Å². The highest BCUT2D eigenvalue weighted by Crippen LogP contribution is 2.40. The Morgan fingerprint density at radius 1 is 1.22 bits per heavy atom. The molecule has 1 aromatic carbocycles. The van der Waals surface area contributed by atoms with Crippen LogP contribution in [-0.2, 0) is 9.59 Å². The molecule has 7 heteroatoms. The molecule has 0 bridgehead atoms. The summed E-state index contributed by atoms with van der Waals surface area (Å²) in [6.45, 7) is 3.28. The van der Waals surface area contributed by atoms with Crippen LogP contribution in [0.1, 0.15) is 68.6 Å². The minimum absolute atomic E-state index is 0.0452. The van der Waals surface area contributed by atoms with Crippen molar-refractivity contribution in [3.63, 3.8) is 0 Å². The summed E-state index contributed by atoms with van der Waals surface area (Å²) in [7, 11) is 0. The Balaban J connectivity index is 1.30. The Labute approximate surface area is 189 Å². The first-order valence-corrected chi connectivity index (χ1v) is 11.6. The number of carbonyl (C=O) groups is 3. The SMILES string of the molecule is CC(=O)N1CCC2(CC1)CC(=O)c1ccc(OCC(=O)NCCC3=CCCCC3)cc1O2. The standard InChI is InChI=1S/C25H32N2O5/c1-18(28)27-13-10-25(11-14-27)16-22(29)21-8-7-20(15-23(21)32-25)31-17-24(30)26-12-9-19-5-3-2-4-6-19/h5,7-8,15H,2-4,6,9-14,16-17H2,1H3,(H,26,30). The van der Waals surface area contributed by atoms with Gasteiger partial charge < -0.3 is 19.7 Å². The summed E-state index contributed by atoms with van der Waals surface area (Å²) in [5.41, 5.74) is 1.40. The minimum atomic E-state index is -0.570. The number of hydrogen-bond donors (Lipinski definition) is 1. The monoisotopic (exact) mass is 440 g/mol. The molecule has 1 saturated heterocycles. The number of ether oxygens (including phenoxy) is 2. The van der Waals surface area contributed by atoms with Crippen molar-refractivity contribution in [2.24, 2.45) is 0 Å². The van der Waals surface area contributed by atoms with Gasteiger partial charge in [-0.2, -0.15) is 0 Å². The molecule has 0 radical (unpaired) electrons. The lowest BCUT2D eigenvalue weighted by atomic mass is 9.82. The predicted molar refractivity (Wildman–Crippen MR) is 120 cm³/mol. The summed E-state index contributed by atoms with van der Waals surface area (Å²) in [6, 6.07) is 5.11. The number of Topliss-reactive ketones (excluding diaryl/α,β-unsaturated/α-hetero) is 1. The number of piperidine rings is 1. The maximum Gasteiger partial charge on any atom is 0.257 e. The second-order valence-corrected chi connectivity index (χ2v) is 9.05. The molecule has 1 fully saturated rings. The lowest BCUT2D eigenvalue weighted by Gasteiger charge is -2.43. The summed E-state index contributed by atoms with van der Waals surface area (Å²) in [6.07, 6.45) is 9.54. The average molecular weight is 441 g/mol. The third-order valence-corrected chi connectivity index (χ3v) is 6.71. The quantitative estimate of drug-likeness (QED) is 0.685. The molecule has 7 nitrogen and oxygen atoms in total. The maximum absolute atomic E-state index is 12.7.